The second kappa shape index (κ2) is 1.53. The Hall–Kier alpha value is 0.690. The first-order valence-electron chi connectivity index (χ1n) is 5.52. The molecular formula is C11H13IO. The highest BCUT2D eigenvalue weighted by molar-refractivity contribution is 14.1. The average molecular weight is 288 g/mol. The summed E-state index contributed by atoms with van der Waals surface area (Å²) in [6.07, 6.45) is 0. The predicted octanol–water partition coefficient (Wildman–Crippen LogP) is 1.54. The number of halogens is 1. The Kier molecular flexibility index (Phi) is 0.828. The van der Waals surface area contributed by atoms with E-state index in [2.05, 4.69) is 29.5 Å². The first-order chi connectivity index (χ1) is 6.15. The molecule has 0 aromatic heterocycles. The smallest absolute Gasteiger partial charge is 0.0687 e. The van der Waals surface area contributed by atoms with Gasteiger partial charge in [-0.15, -0.1) is 0 Å². The molecule has 6 rings (SSSR count). The third-order valence-corrected chi connectivity index (χ3v) is 8.07. The van der Waals surface area contributed by atoms with Gasteiger partial charge < -0.3 is 5.11 Å². The van der Waals surface area contributed by atoms with Crippen molar-refractivity contribution in [2.45, 2.75) is 16.4 Å². The van der Waals surface area contributed by atoms with Crippen LogP contribution in [0, 0.1) is 47.3 Å². The number of hydrogen-bond donors (Lipinski definition) is 1. The summed E-state index contributed by atoms with van der Waals surface area (Å²) >= 11 is 2.68. The minimum atomic E-state index is -0.254. The molecule has 0 radical (unpaired) electrons. The minimum absolute atomic E-state index is 0.254. The lowest BCUT2D eigenvalue weighted by Gasteiger charge is -2.63. The van der Waals surface area contributed by atoms with Gasteiger partial charge in [-0.3, -0.25) is 0 Å². The number of hydrogen-bond acceptors (Lipinski definition) is 1. The maximum Gasteiger partial charge on any atom is 0.0687 e. The van der Waals surface area contributed by atoms with Gasteiger partial charge in [-0.05, 0) is 54.3 Å². The van der Waals surface area contributed by atoms with Crippen molar-refractivity contribution in [3.8, 4) is 0 Å². The van der Waals surface area contributed by atoms with E-state index in [-0.39, 0.29) is 5.60 Å². The Morgan fingerprint density at radius 3 is 2.00 bits per heavy atom. The summed E-state index contributed by atoms with van der Waals surface area (Å²) in [4.78, 5) is 0. The largest absolute Gasteiger partial charge is 0.390 e. The van der Waals surface area contributed by atoms with E-state index in [1.54, 1.807) is 0 Å². The number of alkyl halides is 1. The molecule has 6 saturated carbocycles. The van der Waals surface area contributed by atoms with Crippen molar-refractivity contribution < 1.29 is 5.11 Å². The normalized spacial score (nSPS) is 90.2. The molecule has 4 bridgehead atoms. The van der Waals surface area contributed by atoms with E-state index < -0.39 is 0 Å². The summed E-state index contributed by atoms with van der Waals surface area (Å²) in [6.45, 7) is 2.13. The fraction of sp³-hybridized carbons (Fsp3) is 1.00. The van der Waals surface area contributed by atoms with Crippen molar-refractivity contribution in [1.29, 1.82) is 0 Å². The molecule has 0 spiro atoms. The topological polar surface area (TPSA) is 20.2 Å². The van der Waals surface area contributed by atoms with Gasteiger partial charge in [0.25, 0.3) is 0 Å². The van der Waals surface area contributed by atoms with E-state index in [9.17, 15) is 5.11 Å². The van der Waals surface area contributed by atoms with Crippen molar-refractivity contribution in [3.63, 3.8) is 0 Å². The number of aliphatic hydroxyl groups is 1. The molecule has 0 heterocycles. The van der Waals surface area contributed by atoms with Crippen molar-refractivity contribution >= 4 is 22.6 Å². The van der Waals surface area contributed by atoms with Crippen LogP contribution < -0.4 is 0 Å². The summed E-state index contributed by atoms with van der Waals surface area (Å²) < 4.78 is 0.929. The monoisotopic (exact) mass is 288 g/mol. The molecule has 1 N–H and O–H groups in total. The van der Waals surface area contributed by atoms with Gasteiger partial charge in [0.05, 0.1) is 5.60 Å². The zero-order valence-corrected chi connectivity index (χ0v) is 9.68. The first kappa shape index (κ1) is 7.04. The predicted molar refractivity (Wildman–Crippen MR) is 56.4 cm³/mol. The van der Waals surface area contributed by atoms with Crippen LogP contribution >= 0.6 is 22.6 Å². The summed E-state index contributed by atoms with van der Waals surface area (Å²) in [5, 5.41) is 10.5. The van der Waals surface area contributed by atoms with Crippen molar-refractivity contribution in [3.05, 3.63) is 0 Å². The fourth-order valence-electron chi connectivity index (χ4n) is 6.57. The molecule has 0 aromatic carbocycles. The quantitative estimate of drug-likeness (QED) is 0.529. The van der Waals surface area contributed by atoms with E-state index in [0.29, 0.717) is 5.92 Å². The Labute approximate surface area is 91.4 Å². The third kappa shape index (κ3) is 0.394. The Balaban J connectivity index is 1.83. The molecular weight excluding hydrogens is 275 g/mol. The van der Waals surface area contributed by atoms with E-state index in [4.69, 9.17) is 0 Å². The zero-order valence-electron chi connectivity index (χ0n) is 7.52. The summed E-state index contributed by atoms with van der Waals surface area (Å²) in [5.41, 5.74) is -0.254. The lowest BCUT2D eigenvalue weighted by Crippen LogP contribution is -2.61. The van der Waals surface area contributed by atoms with Crippen LogP contribution in [0.15, 0.2) is 0 Å². The van der Waals surface area contributed by atoms with Crippen molar-refractivity contribution in [2.24, 2.45) is 47.3 Å². The SMILES string of the molecule is C[C@]1(O)[C@H]2[C@@H]3[C@H]4[C@H]5[C@H](I)[C@H]([C@@H]42)[C@@H]1[C@H]53. The molecule has 0 aliphatic heterocycles. The highest BCUT2D eigenvalue weighted by Crippen LogP contribution is 2.91. The Bertz CT molecular complexity index is 337. The van der Waals surface area contributed by atoms with E-state index in [1.165, 1.54) is 0 Å². The molecule has 6 aliphatic rings. The molecule has 13 heavy (non-hydrogen) atoms. The van der Waals surface area contributed by atoms with E-state index in [0.717, 1.165) is 45.3 Å². The van der Waals surface area contributed by atoms with Crippen LogP contribution in [0.25, 0.3) is 0 Å². The Morgan fingerprint density at radius 1 is 0.923 bits per heavy atom. The second-order valence-corrected chi connectivity index (χ2v) is 7.62. The zero-order chi connectivity index (χ0) is 8.70. The summed E-state index contributed by atoms with van der Waals surface area (Å²) in [5.74, 6) is 7.38. The standard InChI is InChI=1S/C11H13IO/c1-11(13)8-3-2-4(8)7-9(11)5(3)6(2)10(7)12/h2-10,13H,1H3/t2-,3-,4-,5+,6-,7-,8+,9+,10+,11+/m1/s1. The van der Waals surface area contributed by atoms with E-state index in [1.807, 2.05) is 0 Å². The minimum Gasteiger partial charge on any atom is -0.390 e. The van der Waals surface area contributed by atoms with Crippen LogP contribution in [-0.2, 0) is 0 Å². The molecule has 0 aromatic rings. The molecule has 70 valence electrons. The highest BCUT2D eigenvalue weighted by Gasteiger charge is 2.91. The van der Waals surface area contributed by atoms with Gasteiger partial charge in [-0.2, -0.15) is 0 Å². The van der Waals surface area contributed by atoms with Gasteiger partial charge in [0, 0.05) is 3.92 Å². The molecule has 0 amide bonds. The molecule has 2 heteroatoms. The molecule has 0 unspecified atom stereocenters. The van der Waals surface area contributed by atoms with Crippen LogP contribution in [-0.4, -0.2) is 14.6 Å². The summed E-state index contributed by atoms with van der Waals surface area (Å²) in [6, 6.07) is 0. The van der Waals surface area contributed by atoms with E-state index >= 15 is 0 Å². The van der Waals surface area contributed by atoms with Crippen LogP contribution in [0.2, 0.25) is 0 Å². The maximum absolute atomic E-state index is 10.5. The molecule has 1 nitrogen and oxygen atoms in total. The lowest BCUT2D eigenvalue weighted by molar-refractivity contribution is -0.177. The first-order valence-corrected chi connectivity index (χ1v) is 6.76. The summed E-state index contributed by atoms with van der Waals surface area (Å²) in [7, 11) is 0. The molecule has 10 atom stereocenters. The van der Waals surface area contributed by atoms with Crippen molar-refractivity contribution in [2.75, 3.05) is 0 Å². The van der Waals surface area contributed by atoms with Gasteiger partial charge in [0.2, 0.25) is 0 Å². The van der Waals surface area contributed by atoms with Crippen LogP contribution in [0.4, 0.5) is 0 Å². The van der Waals surface area contributed by atoms with Crippen LogP contribution in [0.5, 0.6) is 0 Å². The second-order valence-electron chi connectivity index (χ2n) is 6.19. The number of rotatable bonds is 0. The maximum atomic E-state index is 10.5. The highest BCUT2D eigenvalue weighted by atomic mass is 127. The molecule has 6 aliphatic carbocycles. The van der Waals surface area contributed by atoms with Crippen molar-refractivity contribution in [1.82, 2.24) is 0 Å². The van der Waals surface area contributed by atoms with Gasteiger partial charge >= 0.3 is 0 Å². The molecule has 6 fully saturated rings. The van der Waals surface area contributed by atoms with Gasteiger partial charge in [-0.25, -0.2) is 0 Å². The molecule has 0 saturated heterocycles. The average Bonchev–Trinajstić information content (AvgIpc) is 2.42. The lowest BCUT2D eigenvalue weighted by atomic mass is 9.41. The fourth-order valence-corrected chi connectivity index (χ4v) is 8.45. The van der Waals surface area contributed by atoms with Crippen LogP contribution in [0.3, 0.4) is 0 Å². The van der Waals surface area contributed by atoms with Gasteiger partial charge in [0.15, 0.2) is 0 Å². The Morgan fingerprint density at radius 2 is 1.46 bits per heavy atom. The van der Waals surface area contributed by atoms with Gasteiger partial charge in [-0.1, -0.05) is 22.6 Å². The van der Waals surface area contributed by atoms with Gasteiger partial charge in [0.1, 0.15) is 0 Å². The third-order valence-electron chi connectivity index (χ3n) is 6.41. The van der Waals surface area contributed by atoms with Crippen LogP contribution in [0.1, 0.15) is 6.92 Å².